The lowest BCUT2D eigenvalue weighted by molar-refractivity contribution is 0.405. The summed E-state index contributed by atoms with van der Waals surface area (Å²) in [4.78, 5) is 16.8. The number of nitrogen functional groups attached to an aromatic ring is 1. The molecule has 1 aromatic heterocycles. The van der Waals surface area contributed by atoms with E-state index in [9.17, 15) is 0 Å². The number of rotatable bonds is 10. The standard InChI is InChI=1S/C13H28N8/c1-20(2)9-5-7-15-12-17-11(14)18-13(19-12)16-8-6-10-21(3)4/h5-10H2,1-4H3,(H4,14,15,16,17,18,19). The molecule has 0 saturated heterocycles. The first-order chi connectivity index (χ1) is 9.97. The van der Waals surface area contributed by atoms with Crippen LogP contribution in [0.25, 0.3) is 0 Å². The van der Waals surface area contributed by atoms with Gasteiger partial charge in [0.05, 0.1) is 0 Å². The second-order valence-electron chi connectivity index (χ2n) is 5.51. The highest BCUT2D eigenvalue weighted by atomic mass is 15.2. The molecule has 0 saturated carbocycles. The van der Waals surface area contributed by atoms with Crippen LogP contribution in [-0.2, 0) is 0 Å². The Bertz CT molecular complexity index is 373. The van der Waals surface area contributed by atoms with Gasteiger partial charge in [-0.1, -0.05) is 0 Å². The second-order valence-corrected chi connectivity index (χ2v) is 5.51. The summed E-state index contributed by atoms with van der Waals surface area (Å²) in [6.45, 7) is 3.65. The molecule has 0 bridgehead atoms. The van der Waals surface area contributed by atoms with Gasteiger partial charge in [-0.3, -0.25) is 0 Å². The molecule has 0 radical (unpaired) electrons. The summed E-state index contributed by atoms with van der Waals surface area (Å²) in [5, 5.41) is 6.35. The van der Waals surface area contributed by atoms with Gasteiger partial charge in [0.15, 0.2) is 0 Å². The van der Waals surface area contributed by atoms with E-state index in [1.807, 2.05) is 0 Å². The lowest BCUT2D eigenvalue weighted by atomic mass is 10.4. The first-order valence-corrected chi connectivity index (χ1v) is 7.26. The van der Waals surface area contributed by atoms with Gasteiger partial charge in [0, 0.05) is 13.1 Å². The number of anilines is 3. The largest absolute Gasteiger partial charge is 0.368 e. The molecule has 1 rings (SSSR count). The van der Waals surface area contributed by atoms with Gasteiger partial charge in [-0.2, -0.15) is 15.0 Å². The van der Waals surface area contributed by atoms with Crippen LogP contribution in [0, 0.1) is 0 Å². The highest BCUT2D eigenvalue weighted by Gasteiger charge is 2.03. The van der Waals surface area contributed by atoms with E-state index in [1.165, 1.54) is 0 Å². The zero-order chi connectivity index (χ0) is 15.7. The number of nitrogens with zero attached hydrogens (tertiary/aromatic N) is 5. The number of nitrogens with one attached hydrogen (secondary N) is 2. The van der Waals surface area contributed by atoms with Gasteiger partial charge in [-0.15, -0.1) is 0 Å². The van der Waals surface area contributed by atoms with E-state index in [0.717, 1.165) is 39.0 Å². The maximum atomic E-state index is 5.71. The number of hydrogen-bond donors (Lipinski definition) is 3. The minimum atomic E-state index is 0.232. The Labute approximate surface area is 127 Å². The van der Waals surface area contributed by atoms with Crippen LogP contribution in [0.5, 0.6) is 0 Å². The van der Waals surface area contributed by atoms with Crippen molar-refractivity contribution in [2.75, 3.05) is 70.7 Å². The van der Waals surface area contributed by atoms with E-state index in [4.69, 9.17) is 5.73 Å². The fourth-order valence-corrected chi connectivity index (χ4v) is 1.74. The Kier molecular flexibility index (Phi) is 7.70. The van der Waals surface area contributed by atoms with E-state index < -0.39 is 0 Å². The quantitative estimate of drug-likeness (QED) is 0.526. The summed E-state index contributed by atoms with van der Waals surface area (Å²) in [5.74, 6) is 1.28. The summed E-state index contributed by atoms with van der Waals surface area (Å²) >= 11 is 0. The van der Waals surface area contributed by atoms with E-state index in [0.29, 0.717) is 11.9 Å². The summed E-state index contributed by atoms with van der Waals surface area (Å²) in [7, 11) is 8.21. The number of nitrogens with two attached hydrogens (primary N) is 1. The van der Waals surface area contributed by atoms with Crippen LogP contribution in [0.15, 0.2) is 0 Å². The first-order valence-electron chi connectivity index (χ1n) is 7.26. The lowest BCUT2D eigenvalue weighted by Gasteiger charge is -2.12. The number of hydrogen-bond acceptors (Lipinski definition) is 8. The monoisotopic (exact) mass is 296 g/mol. The molecule has 0 aromatic carbocycles. The predicted octanol–water partition coefficient (Wildman–Crippen LogP) is 0.181. The molecule has 8 heteroatoms. The third-order valence-corrected chi connectivity index (χ3v) is 2.78. The molecule has 1 aromatic rings. The Morgan fingerprint density at radius 1 is 0.810 bits per heavy atom. The second kappa shape index (κ2) is 9.30. The minimum absolute atomic E-state index is 0.232. The molecule has 120 valence electrons. The molecule has 8 nitrogen and oxygen atoms in total. The zero-order valence-electron chi connectivity index (χ0n) is 13.6. The van der Waals surface area contributed by atoms with Crippen molar-refractivity contribution in [3.05, 3.63) is 0 Å². The van der Waals surface area contributed by atoms with E-state index in [-0.39, 0.29) is 5.95 Å². The Morgan fingerprint density at radius 2 is 1.24 bits per heavy atom. The molecule has 0 fully saturated rings. The lowest BCUT2D eigenvalue weighted by Crippen LogP contribution is -2.19. The third kappa shape index (κ3) is 8.26. The van der Waals surface area contributed by atoms with Crippen LogP contribution in [0.1, 0.15) is 12.8 Å². The Hall–Kier alpha value is -1.67. The highest BCUT2D eigenvalue weighted by molar-refractivity contribution is 5.39. The maximum Gasteiger partial charge on any atom is 0.229 e. The third-order valence-electron chi connectivity index (χ3n) is 2.78. The summed E-state index contributed by atoms with van der Waals surface area (Å²) in [5.41, 5.74) is 5.71. The van der Waals surface area contributed by atoms with E-state index in [2.05, 4.69) is 63.6 Å². The highest BCUT2D eigenvalue weighted by Crippen LogP contribution is 2.06. The van der Waals surface area contributed by atoms with Gasteiger partial charge < -0.3 is 26.2 Å². The van der Waals surface area contributed by atoms with Crippen molar-refractivity contribution >= 4 is 17.8 Å². The van der Waals surface area contributed by atoms with Gasteiger partial charge >= 0.3 is 0 Å². The molecule has 4 N–H and O–H groups in total. The molecular weight excluding hydrogens is 268 g/mol. The molecule has 0 atom stereocenters. The molecule has 0 unspecified atom stereocenters. The summed E-state index contributed by atoms with van der Waals surface area (Å²) in [6, 6.07) is 0. The number of aromatic nitrogens is 3. The zero-order valence-corrected chi connectivity index (χ0v) is 13.6. The fourth-order valence-electron chi connectivity index (χ4n) is 1.74. The maximum absolute atomic E-state index is 5.71. The van der Waals surface area contributed by atoms with Crippen LogP contribution in [-0.4, -0.2) is 79.1 Å². The normalized spacial score (nSPS) is 11.1. The van der Waals surface area contributed by atoms with Gasteiger partial charge in [-0.25, -0.2) is 0 Å². The Balaban J connectivity index is 2.39. The van der Waals surface area contributed by atoms with Gasteiger partial charge in [0.1, 0.15) is 0 Å². The van der Waals surface area contributed by atoms with Gasteiger partial charge in [0.2, 0.25) is 17.8 Å². The van der Waals surface area contributed by atoms with Crippen LogP contribution in [0.4, 0.5) is 17.8 Å². The molecule has 0 spiro atoms. The van der Waals surface area contributed by atoms with Crippen molar-refractivity contribution in [1.82, 2.24) is 24.8 Å². The summed E-state index contributed by atoms with van der Waals surface area (Å²) < 4.78 is 0. The van der Waals surface area contributed by atoms with E-state index in [1.54, 1.807) is 0 Å². The average molecular weight is 296 g/mol. The van der Waals surface area contributed by atoms with Crippen molar-refractivity contribution in [2.24, 2.45) is 0 Å². The summed E-state index contributed by atoms with van der Waals surface area (Å²) in [6.07, 6.45) is 2.04. The Morgan fingerprint density at radius 3 is 1.62 bits per heavy atom. The van der Waals surface area contributed by atoms with Crippen molar-refractivity contribution < 1.29 is 0 Å². The van der Waals surface area contributed by atoms with Crippen LogP contribution in [0.2, 0.25) is 0 Å². The average Bonchev–Trinajstić information content (AvgIpc) is 2.39. The molecule has 1 heterocycles. The van der Waals surface area contributed by atoms with Crippen LogP contribution in [0.3, 0.4) is 0 Å². The molecule has 21 heavy (non-hydrogen) atoms. The molecule has 0 aliphatic rings. The molecule has 0 aliphatic heterocycles. The van der Waals surface area contributed by atoms with Crippen molar-refractivity contribution in [2.45, 2.75) is 12.8 Å². The smallest absolute Gasteiger partial charge is 0.229 e. The molecule has 0 aliphatic carbocycles. The van der Waals surface area contributed by atoms with Crippen molar-refractivity contribution in [3.8, 4) is 0 Å². The van der Waals surface area contributed by atoms with Crippen molar-refractivity contribution in [1.29, 1.82) is 0 Å². The fraction of sp³-hybridized carbons (Fsp3) is 0.769. The predicted molar refractivity (Wildman–Crippen MR) is 87.6 cm³/mol. The molecular formula is C13H28N8. The van der Waals surface area contributed by atoms with Crippen LogP contribution < -0.4 is 16.4 Å². The SMILES string of the molecule is CN(C)CCCNc1nc(N)nc(NCCCN(C)C)n1. The molecule has 0 amide bonds. The van der Waals surface area contributed by atoms with Crippen LogP contribution >= 0.6 is 0 Å². The van der Waals surface area contributed by atoms with E-state index >= 15 is 0 Å². The first kappa shape index (κ1) is 17.4. The minimum Gasteiger partial charge on any atom is -0.368 e. The van der Waals surface area contributed by atoms with Crippen molar-refractivity contribution in [3.63, 3.8) is 0 Å². The van der Waals surface area contributed by atoms with Gasteiger partial charge in [-0.05, 0) is 54.1 Å². The van der Waals surface area contributed by atoms with Gasteiger partial charge in [0.25, 0.3) is 0 Å². The topological polar surface area (TPSA) is 95.2 Å².